The highest BCUT2D eigenvalue weighted by atomic mass is 16.5. The summed E-state index contributed by atoms with van der Waals surface area (Å²) in [5, 5.41) is 3.43. The van der Waals surface area contributed by atoms with Crippen LogP contribution in [0.5, 0.6) is 0 Å². The molecule has 1 aliphatic carbocycles. The first-order chi connectivity index (χ1) is 6.42. The summed E-state index contributed by atoms with van der Waals surface area (Å²) in [6.07, 6.45) is 5.60. The largest absolute Gasteiger partial charge is 0.385 e. The van der Waals surface area contributed by atoms with Crippen LogP contribution >= 0.6 is 0 Å². The van der Waals surface area contributed by atoms with Gasteiger partial charge in [0.1, 0.15) is 0 Å². The van der Waals surface area contributed by atoms with Crippen molar-refractivity contribution in [3.63, 3.8) is 0 Å². The molecule has 76 valence electrons. The van der Waals surface area contributed by atoms with Gasteiger partial charge in [0.15, 0.2) is 0 Å². The summed E-state index contributed by atoms with van der Waals surface area (Å²) in [5.41, 5.74) is 0. The van der Waals surface area contributed by atoms with Crippen LogP contribution in [0.1, 0.15) is 25.7 Å². The Kier molecular flexibility index (Phi) is 3.23. The maximum atomic E-state index is 5.12. The van der Waals surface area contributed by atoms with E-state index in [2.05, 4.69) is 5.32 Å². The molecule has 0 radical (unpaired) electrons. The monoisotopic (exact) mass is 183 g/mol. The maximum absolute atomic E-state index is 5.12. The molecule has 1 aliphatic heterocycles. The Morgan fingerprint density at radius 2 is 2.08 bits per heavy atom. The van der Waals surface area contributed by atoms with Gasteiger partial charge in [-0.1, -0.05) is 0 Å². The lowest BCUT2D eigenvalue weighted by Gasteiger charge is -2.22. The summed E-state index contributed by atoms with van der Waals surface area (Å²) in [7, 11) is 1.81. The summed E-state index contributed by atoms with van der Waals surface area (Å²) in [6, 6.07) is 0. The fourth-order valence-electron chi connectivity index (χ4n) is 2.72. The molecule has 2 fully saturated rings. The second-order valence-electron chi connectivity index (χ2n) is 4.53. The first-order valence-corrected chi connectivity index (χ1v) is 5.61. The van der Waals surface area contributed by atoms with Crippen LogP contribution in [0, 0.1) is 17.8 Å². The van der Waals surface area contributed by atoms with E-state index in [-0.39, 0.29) is 0 Å². The number of methoxy groups -OCH3 is 1. The molecule has 2 nitrogen and oxygen atoms in total. The first kappa shape index (κ1) is 9.47. The minimum atomic E-state index is 0.964. The second kappa shape index (κ2) is 4.43. The molecule has 2 heteroatoms. The van der Waals surface area contributed by atoms with E-state index < -0.39 is 0 Å². The third-order valence-electron chi connectivity index (χ3n) is 3.66. The number of hydrogen-bond donors (Lipinski definition) is 1. The standard InChI is InChI=1S/C11H21NO/c1-13-7-4-10-8-11(10)9-2-5-12-6-3-9/h9-12H,2-8H2,1H3/t10-,11+/m0/s1. The minimum Gasteiger partial charge on any atom is -0.385 e. The fourth-order valence-corrected chi connectivity index (χ4v) is 2.72. The molecule has 0 aromatic rings. The van der Waals surface area contributed by atoms with Crippen LogP contribution in [-0.2, 0) is 4.74 Å². The van der Waals surface area contributed by atoms with E-state index in [0.29, 0.717) is 0 Å². The molecular weight excluding hydrogens is 162 g/mol. The fraction of sp³-hybridized carbons (Fsp3) is 1.00. The summed E-state index contributed by atoms with van der Waals surface area (Å²) in [6.45, 7) is 3.46. The highest BCUT2D eigenvalue weighted by Gasteiger charge is 2.41. The molecule has 0 spiro atoms. The summed E-state index contributed by atoms with van der Waals surface area (Å²) in [4.78, 5) is 0. The van der Waals surface area contributed by atoms with Gasteiger partial charge in [-0.25, -0.2) is 0 Å². The molecule has 2 atom stereocenters. The van der Waals surface area contributed by atoms with Crippen molar-refractivity contribution in [2.45, 2.75) is 25.7 Å². The number of ether oxygens (including phenoxy) is 1. The van der Waals surface area contributed by atoms with E-state index in [9.17, 15) is 0 Å². The minimum absolute atomic E-state index is 0.964. The lowest BCUT2D eigenvalue weighted by Crippen LogP contribution is -2.28. The van der Waals surface area contributed by atoms with Gasteiger partial charge in [0, 0.05) is 13.7 Å². The Labute approximate surface area is 81.0 Å². The molecule has 1 heterocycles. The lowest BCUT2D eigenvalue weighted by atomic mass is 9.91. The van der Waals surface area contributed by atoms with Gasteiger partial charge in [0.05, 0.1) is 0 Å². The zero-order valence-electron chi connectivity index (χ0n) is 8.59. The highest BCUT2D eigenvalue weighted by molar-refractivity contribution is 4.92. The van der Waals surface area contributed by atoms with E-state index in [1.54, 1.807) is 0 Å². The normalized spacial score (nSPS) is 34.8. The van der Waals surface area contributed by atoms with E-state index >= 15 is 0 Å². The van der Waals surface area contributed by atoms with Crippen molar-refractivity contribution in [2.75, 3.05) is 26.8 Å². The van der Waals surface area contributed by atoms with Crippen LogP contribution in [0.25, 0.3) is 0 Å². The number of nitrogens with one attached hydrogen (secondary N) is 1. The van der Waals surface area contributed by atoms with Gasteiger partial charge in [0.2, 0.25) is 0 Å². The average molecular weight is 183 g/mol. The van der Waals surface area contributed by atoms with Crippen molar-refractivity contribution < 1.29 is 4.74 Å². The van der Waals surface area contributed by atoms with Crippen molar-refractivity contribution in [3.8, 4) is 0 Å². The van der Waals surface area contributed by atoms with Gasteiger partial charge in [-0.05, 0) is 56.5 Å². The van der Waals surface area contributed by atoms with Gasteiger partial charge in [-0.15, -0.1) is 0 Å². The molecular formula is C11H21NO. The quantitative estimate of drug-likeness (QED) is 0.715. The molecule has 0 amide bonds. The van der Waals surface area contributed by atoms with Crippen LogP contribution in [0.15, 0.2) is 0 Å². The summed E-state index contributed by atoms with van der Waals surface area (Å²) >= 11 is 0. The highest BCUT2D eigenvalue weighted by Crippen LogP contribution is 2.49. The lowest BCUT2D eigenvalue weighted by molar-refractivity contribution is 0.185. The van der Waals surface area contributed by atoms with Crippen LogP contribution in [0.4, 0.5) is 0 Å². The Morgan fingerprint density at radius 1 is 1.31 bits per heavy atom. The van der Waals surface area contributed by atoms with Gasteiger partial charge < -0.3 is 10.1 Å². The smallest absolute Gasteiger partial charge is 0.0465 e. The van der Waals surface area contributed by atoms with Crippen molar-refractivity contribution in [1.29, 1.82) is 0 Å². The van der Waals surface area contributed by atoms with Gasteiger partial charge in [-0.3, -0.25) is 0 Å². The number of piperidine rings is 1. The van der Waals surface area contributed by atoms with Crippen LogP contribution in [-0.4, -0.2) is 26.8 Å². The van der Waals surface area contributed by atoms with E-state index in [0.717, 1.165) is 24.4 Å². The molecule has 2 rings (SSSR count). The predicted octanol–water partition coefficient (Wildman–Crippen LogP) is 1.66. The van der Waals surface area contributed by atoms with E-state index in [1.165, 1.54) is 38.8 Å². The molecule has 0 aromatic heterocycles. The molecule has 1 saturated heterocycles. The Morgan fingerprint density at radius 3 is 2.77 bits per heavy atom. The zero-order valence-corrected chi connectivity index (χ0v) is 8.59. The number of rotatable bonds is 4. The summed E-state index contributed by atoms with van der Waals surface area (Å²) in [5.74, 6) is 3.09. The first-order valence-electron chi connectivity index (χ1n) is 5.61. The van der Waals surface area contributed by atoms with Crippen LogP contribution in [0.2, 0.25) is 0 Å². The molecule has 0 bridgehead atoms. The van der Waals surface area contributed by atoms with Gasteiger partial charge in [-0.2, -0.15) is 0 Å². The topological polar surface area (TPSA) is 21.3 Å². The van der Waals surface area contributed by atoms with Crippen molar-refractivity contribution >= 4 is 0 Å². The van der Waals surface area contributed by atoms with Crippen LogP contribution < -0.4 is 5.32 Å². The number of hydrogen-bond acceptors (Lipinski definition) is 2. The van der Waals surface area contributed by atoms with Crippen molar-refractivity contribution in [2.24, 2.45) is 17.8 Å². The molecule has 1 N–H and O–H groups in total. The SMILES string of the molecule is COCC[C@H]1C[C@@H]1C1CCNCC1. The Balaban J connectivity index is 1.66. The molecule has 2 aliphatic rings. The third kappa shape index (κ3) is 2.44. The van der Waals surface area contributed by atoms with Crippen molar-refractivity contribution in [3.05, 3.63) is 0 Å². The predicted molar refractivity (Wildman–Crippen MR) is 53.7 cm³/mol. The Hall–Kier alpha value is -0.0800. The molecule has 0 unspecified atom stereocenters. The molecule has 0 aromatic carbocycles. The van der Waals surface area contributed by atoms with Gasteiger partial charge >= 0.3 is 0 Å². The van der Waals surface area contributed by atoms with E-state index in [1.807, 2.05) is 7.11 Å². The Bertz CT molecular complexity index is 154. The molecule has 13 heavy (non-hydrogen) atoms. The van der Waals surface area contributed by atoms with Gasteiger partial charge in [0.25, 0.3) is 0 Å². The zero-order chi connectivity index (χ0) is 9.10. The summed E-state index contributed by atoms with van der Waals surface area (Å²) < 4.78 is 5.12. The third-order valence-corrected chi connectivity index (χ3v) is 3.66. The molecule has 1 saturated carbocycles. The maximum Gasteiger partial charge on any atom is 0.0465 e. The van der Waals surface area contributed by atoms with Crippen molar-refractivity contribution in [1.82, 2.24) is 5.32 Å². The van der Waals surface area contributed by atoms with Crippen LogP contribution in [0.3, 0.4) is 0 Å². The van der Waals surface area contributed by atoms with E-state index in [4.69, 9.17) is 4.74 Å². The average Bonchev–Trinajstić information content (AvgIpc) is 2.95. The second-order valence-corrected chi connectivity index (χ2v) is 4.53.